The molecule has 2 aromatic heterocycles. The Kier molecular flexibility index (Phi) is 19.2. The van der Waals surface area contributed by atoms with Crippen LogP contribution in [-0.4, -0.2) is 162 Å². The van der Waals surface area contributed by atoms with Crippen molar-refractivity contribution in [3.05, 3.63) is 70.6 Å². The van der Waals surface area contributed by atoms with Crippen molar-refractivity contribution in [3.63, 3.8) is 0 Å². The standard InChI is InChI=1S/C48H70N8O12/c1-29(2)41(53-47(61)63-5)45(59)55-15-7-9-37(55)43-49-27-35(51-43)32-12-13-33(39(26-32)67-23-21-65-19-17-57)31-11-14-34(40(25-31)68-24-22-66-20-18-58)36-28-50-44(52-36)38-10-8-16-56(38)46(60)42(30(3)4)54-48(62)64-6/h11,14,26-30,37-38,40-42,57-58H,7-10,12-13,15-25H2,1-6H3,(H,49,51)(H,50,52)(H,53,61)(H,54,62). The number of imidazole rings is 2. The first-order valence-electron chi connectivity index (χ1n) is 23.8. The Labute approximate surface area is 397 Å². The summed E-state index contributed by atoms with van der Waals surface area (Å²) in [5, 5.41) is 24.0. The summed E-state index contributed by atoms with van der Waals surface area (Å²) in [6.07, 6.45) is 12.8. The van der Waals surface area contributed by atoms with Gasteiger partial charge in [-0.1, -0.05) is 39.8 Å². The van der Waals surface area contributed by atoms with Crippen molar-refractivity contribution < 1.29 is 57.8 Å². The van der Waals surface area contributed by atoms with Gasteiger partial charge in [-0.2, -0.15) is 0 Å². The summed E-state index contributed by atoms with van der Waals surface area (Å²) >= 11 is 0. The molecular formula is C48H70N8O12. The number of aliphatic hydroxyl groups is 2. The van der Waals surface area contributed by atoms with Crippen LogP contribution >= 0.6 is 0 Å². The number of carbonyl (C=O) groups is 4. The number of ether oxygens (including phenoxy) is 6. The zero-order valence-corrected chi connectivity index (χ0v) is 40.2. The van der Waals surface area contributed by atoms with Gasteiger partial charge in [0.15, 0.2) is 0 Å². The Balaban J connectivity index is 1.27. The fourth-order valence-electron chi connectivity index (χ4n) is 9.17. The van der Waals surface area contributed by atoms with Crippen LogP contribution in [-0.2, 0) is 38.0 Å². The van der Waals surface area contributed by atoms with Crippen molar-refractivity contribution in [2.75, 3.05) is 80.2 Å². The highest BCUT2D eigenvalue weighted by Gasteiger charge is 2.40. The van der Waals surface area contributed by atoms with Gasteiger partial charge in [-0.3, -0.25) is 9.59 Å². The zero-order valence-electron chi connectivity index (χ0n) is 40.2. The number of hydrogen-bond acceptors (Lipinski definition) is 14. The number of rotatable bonds is 23. The van der Waals surface area contributed by atoms with E-state index in [-0.39, 0.29) is 88.6 Å². The van der Waals surface area contributed by atoms with Crippen molar-refractivity contribution in [1.29, 1.82) is 0 Å². The Morgan fingerprint density at radius 1 is 0.721 bits per heavy atom. The number of amides is 4. The number of aromatic amines is 2. The molecule has 374 valence electrons. The zero-order chi connectivity index (χ0) is 48.7. The SMILES string of the molecule is COC(=O)NC(C(=O)N1CCCC1c1ncc(C2=CC(OCCOCCO)=C(C3=CC=C(c4cnc(C5CCCN5C(=O)C(NC(=O)OC)C(C)C)[nH]4)C(OCCOCCO)C3)CC2)[nH]1)C(C)C. The minimum absolute atomic E-state index is 0.0965. The molecule has 6 N–H and O–H groups in total. The van der Waals surface area contributed by atoms with Crippen molar-refractivity contribution in [2.24, 2.45) is 11.8 Å². The molecule has 2 aliphatic heterocycles. The van der Waals surface area contributed by atoms with Gasteiger partial charge in [0.25, 0.3) is 0 Å². The van der Waals surface area contributed by atoms with E-state index in [0.29, 0.717) is 56.2 Å². The molecule has 2 aliphatic carbocycles. The molecule has 0 radical (unpaired) electrons. The van der Waals surface area contributed by atoms with Crippen LogP contribution in [0.15, 0.2) is 47.5 Å². The van der Waals surface area contributed by atoms with Gasteiger partial charge in [0, 0.05) is 25.1 Å². The molecule has 68 heavy (non-hydrogen) atoms. The Morgan fingerprint density at radius 2 is 1.26 bits per heavy atom. The first-order chi connectivity index (χ1) is 32.9. The van der Waals surface area contributed by atoms with Crippen LogP contribution in [0.1, 0.15) is 108 Å². The molecule has 2 saturated heterocycles. The summed E-state index contributed by atoms with van der Waals surface area (Å²) in [6.45, 7) is 9.87. The smallest absolute Gasteiger partial charge is 0.407 e. The Bertz CT molecular complexity index is 2160. The number of likely N-dealkylation sites (tertiary alicyclic amines) is 2. The quantitative estimate of drug-likeness (QED) is 0.0841. The second-order valence-corrected chi connectivity index (χ2v) is 17.9. The van der Waals surface area contributed by atoms with Crippen LogP contribution in [0.25, 0.3) is 11.1 Å². The van der Waals surface area contributed by atoms with Gasteiger partial charge in [-0.15, -0.1) is 0 Å². The summed E-state index contributed by atoms with van der Waals surface area (Å²) in [6, 6.07) is -2.10. The fraction of sp³-hybridized carbons (Fsp3) is 0.625. The molecule has 0 saturated carbocycles. The van der Waals surface area contributed by atoms with E-state index in [1.807, 2.05) is 39.8 Å². The van der Waals surface area contributed by atoms with Crippen LogP contribution in [0.5, 0.6) is 0 Å². The molecule has 5 unspecified atom stereocenters. The molecule has 20 nitrogen and oxygen atoms in total. The number of alkyl carbamates (subject to hydrolysis) is 2. The van der Waals surface area contributed by atoms with Crippen LogP contribution in [0.4, 0.5) is 9.59 Å². The van der Waals surface area contributed by atoms with E-state index in [4.69, 9.17) is 38.4 Å². The first-order valence-corrected chi connectivity index (χ1v) is 23.8. The maximum atomic E-state index is 13.8. The summed E-state index contributed by atoms with van der Waals surface area (Å²) in [5.41, 5.74) is 5.44. The summed E-state index contributed by atoms with van der Waals surface area (Å²) in [5.74, 6) is 1.29. The molecule has 4 aliphatic rings. The minimum atomic E-state index is -0.756. The van der Waals surface area contributed by atoms with Gasteiger partial charge in [0.2, 0.25) is 11.8 Å². The van der Waals surface area contributed by atoms with Crippen LogP contribution in [0, 0.1) is 11.8 Å². The average molecular weight is 951 g/mol. The number of allylic oxidation sites excluding steroid dienone is 5. The van der Waals surface area contributed by atoms with Crippen molar-refractivity contribution >= 4 is 35.1 Å². The average Bonchev–Trinajstić information content (AvgIpc) is 4.19. The Hall–Kier alpha value is -5.54. The van der Waals surface area contributed by atoms with Gasteiger partial charge < -0.3 is 69.0 Å². The van der Waals surface area contributed by atoms with Crippen molar-refractivity contribution in [3.8, 4) is 0 Å². The lowest BCUT2D eigenvalue weighted by Crippen LogP contribution is -2.51. The fourth-order valence-corrected chi connectivity index (χ4v) is 9.17. The predicted molar refractivity (Wildman–Crippen MR) is 249 cm³/mol. The van der Waals surface area contributed by atoms with Gasteiger partial charge in [0.1, 0.15) is 36.1 Å². The number of methoxy groups -OCH3 is 2. The number of carbonyl (C=O) groups excluding carboxylic acids is 4. The van der Waals surface area contributed by atoms with E-state index < -0.39 is 30.4 Å². The minimum Gasteiger partial charge on any atom is -0.491 e. The molecule has 2 fully saturated rings. The van der Waals surface area contributed by atoms with Crippen LogP contribution < -0.4 is 10.6 Å². The number of hydrogen-bond donors (Lipinski definition) is 6. The third-order valence-corrected chi connectivity index (χ3v) is 12.7. The van der Waals surface area contributed by atoms with Gasteiger partial charge in [-0.05, 0) is 73.2 Å². The number of nitrogens with zero attached hydrogens (tertiary/aromatic N) is 4. The molecule has 5 atom stereocenters. The van der Waals surface area contributed by atoms with E-state index >= 15 is 0 Å². The van der Waals surface area contributed by atoms with Gasteiger partial charge in [-0.25, -0.2) is 19.6 Å². The topological polar surface area (TPSA) is 252 Å². The maximum Gasteiger partial charge on any atom is 0.407 e. The largest absolute Gasteiger partial charge is 0.491 e. The highest BCUT2D eigenvalue weighted by Crippen LogP contribution is 2.41. The maximum absolute atomic E-state index is 13.8. The van der Waals surface area contributed by atoms with Crippen LogP contribution in [0.3, 0.4) is 0 Å². The summed E-state index contributed by atoms with van der Waals surface area (Å²) in [7, 11) is 2.55. The molecule has 0 bridgehead atoms. The lowest BCUT2D eigenvalue weighted by Gasteiger charge is -2.30. The lowest BCUT2D eigenvalue weighted by molar-refractivity contribution is -0.136. The summed E-state index contributed by atoms with van der Waals surface area (Å²) in [4.78, 5) is 72.0. The molecule has 0 spiro atoms. The Morgan fingerprint density at radius 3 is 1.81 bits per heavy atom. The number of aromatic nitrogens is 4. The third kappa shape index (κ3) is 13.0. The van der Waals surface area contributed by atoms with Crippen molar-refractivity contribution in [2.45, 2.75) is 103 Å². The highest BCUT2D eigenvalue weighted by atomic mass is 16.5. The van der Waals surface area contributed by atoms with E-state index in [2.05, 4.69) is 26.7 Å². The molecule has 6 rings (SSSR count). The molecule has 2 aromatic rings. The molecule has 20 heteroatoms. The molecule has 4 amide bonds. The van der Waals surface area contributed by atoms with Crippen molar-refractivity contribution in [1.82, 2.24) is 40.4 Å². The second kappa shape index (κ2) is 25.2. The normalized spacial score (nSPS) is 20.6. The van der Waals surface area contributed by atoms with Gasteiger partial charge in [0.05, 0.1) is 102 Å². The molecule has 4 heterocycles. The van der Waals surface area contributed by atoms with Gasteiger partial charge >= 0.3 is 12.2 Å². The lowest BCUT2D eigenvalue weighted by atomic mass is 9.84. The number of nitrogens with one attached hydrogen (secondary N) is 4. The molecular weight excluding hydrogens is 881 g/mol. The number of aliphatic hydroxyl groups excluding tert-OH is 2. The van der Waals surface area contributed by atoms with E-state index in [1.54, 1.807) is 22.2 Å². The first kappa shape index (κ1) is 51.8. The number of H-pyrrole nitrogens is 2. The second-order valence-electron chi connectivity index (χ2n) is 17.9. The predicted octanol–water partition coefficient (Wildman–Crippen LogP) is 4.49. The van der Waals surface area contributed by atoms with E-state index in [1.165, 1.54) is 14.2 Å². The van der Waals surface area contributed by atoms with E-state index in [0.717, 1.165) is 52.9 Å². The monoisotopic (exact) mass is 951 g/mol. The highest BCUT2D eigenvalue weighted by molar-refractivity contribution is 5.87. The van der Waals surface area contributed by atoms with E-state index in [9.17, 15) is 29.4 Å². The molecule has 0 aromatic carbocycles. The third-order valence-electron chi connectivity index (χ3n) is 12.7. The van der Waals surface area contributed by atoms with Crippen LogP contribution in [0.2, 0.25) is 0 Å². The summed E-state index contributed by atoms with van der Waals surface area (Å²) < 4.78 is 33.7.